The molecule has 0 radical (unpaired) electrons. The number of rotatable bonds is 26. The number of nitrogens with two attached hydrogens (primary N) is 9. The molecule has 3 rings (SSSR count). The maximum atomic E-state index is 14.6. The molecule has 6 amide bonds. The summed E-state index contributed by atoms with van der Waals surface area (Å²) >= 11 is 0. The number of primary amides is 1. The van der Waals surface area contributed by atoms with E-state index in [1.54, 1.807) is 5.48 Å². The number of nitro benzene ring substituents is 3. The average Bonchev–Trinajstić information content (AvgIpc) is 3.34. The first-order chi connectivity index (χ1) is 36.1. The van der Waals surface area contributed by atoms with Crippen LogP contribution in [0.4, 0.5) is 28.4 Å². The summed E-state index contributed by atoms with van der Waals surface area (Å²) in [6.45, 7) is -2.71. The number of carbonyl (C=O) groups is 6. The van der Waals surface area contributed by atoms with Crippen LogP contribution < -0.4 is 88.6 Å². The Balaban J connectivity index is 2.19. The van der Waals surface area contributed by atoms with Crippen molar-refractivity contribution in [3.05, 3.63) is 102 Å². The maximum absolute atomic E-state index is 14.6. The number of benzene rings is 3. The van der Waals surface area contributed by atoms with E-state index >= 15 is 0 Å². The van der Waals surface area contributed by atoms with Gasteiger partial charge in [-0.2, -0.15) is 5.26 Å². The van der Waals surface area contributed by atoms with Gasteiger partial charge in [0.2, 0.25) is 36.5 Å². The van der Waals surface area contributed by atoms with Gasteiger partial charge in [-0.15, -0.1) is 4.99 Å². The van der Waals surface area contributed by atoms with E-state index in [2.05, 4.69) is 35.6 Å². The van der Waals surface area contributed by atoms with E-state index < -0.39 is 169 Å². The lowest BCUT2D eigenvalue weighted by molar-refractivity contribution is -0.392. The number of carbonyl (C=O) groups excluding carboxylic acids is 6. The van der Waals surface area contributed by atoms with Crippen molar-refractivity contribution >= 4 is 87.7 Å². The highest BCUT2D eigenvalue weighted by atomic mass is 17.2. The van der Waals surface area contributed by atoms with E-state index in [-0.39, 0.29) is 5.56 Å². The highest BCUT2D eigenvalue weighted by Gasteiger charge is 2.40. The average molecular weight is 1080 g/mol. The molecule has 0 aliphatic carbocycles. The molecule has 0 saturated heterocycles. The van der Waals surface area contributed by atoms with E-state index in [0.717, 1.165) is 0 Å². The lowest BCUT2D eigenvalue weighted by atomic mass is 10.0. The number of aliphatic hydroxyl groups is 1. The number of hydrogen-bond acceptors (Lipinski definition) is 23. The van der Waals surface area contributed by atoms with Gasteiger partial charge in [0.25, 0.3) is 29.3 Å². The monoisotopic (exact) mass is 1080 g/mol. The number of non-ortho nitro benzene ring substituents is 1. The van der Waals surface area contributed by atoms with Crippen molar-refractivity contribution in [1.29, 1.82) is 5.26 Å². The summed E-state index contributed by atoms with van der Waals surface area (Å²) in [5, 5.41) is 87.8. The molecule has 0 saturated carbocycles. The number of amides is 6. The quantitative estimate of drug-likeness (QED) is 0.00887. The van der Waals surface area contributed by atoms with Crippen LogP contribution in [0.5, 0.6) is 5.75 Å². The molecule has 6 atom stereocenters. The number of nitro groups is 3. The fourth-order valence-electron chi connectivity index (χ4n) is 6.40. The van der Waals surface area contributed by atoms with Crippen LogP contribution in [0.25, 0.3) is 0 Å². The smallest absolute Gasteiger partial charge is 0.301 e. The second-order valence-electron chi connectivity index (χ2n) is 14.9. The zero-order valence-corrected chi connectivity index (χ0v) is 38.9. The van der Waals surface area contributed by atoms with Gasteiger partial charge < -0.3 is 93.3 Å². The molecule has 0 spiro atoms. The molecule has 410 valence electrons. The Bertz CT molecular complexity index is 2920. The van der Waals surface area contributed by atoms with Crippen molar-refractivity contribution in [1.82, 2.24) is 26.6 Å². The highest BCUT2D eigenvalue weighted by molar-refractivity contribution is 5.99. The minimum Gasteiger partial charge on any atom is -0.505 e. The van der Waals surface area contributed by atoms with Crippen molar-refractivity contribution in [2.75, 3.05) is 17.0 Å². The van der Waals surface area contributed by atoms with E-state index in [1.165, 1.54) is 36.4 Å². The first-order valence-electron chi connectivity index (χ1n) is 20.7. The molecule has 0 aliphatic heterocycles. The maximum Gasteiger partial charge on any atom is 0.301 e. The number of nitriles is 1. The fraction of sp³-hybridized carbons (Fsp3) is 0.216. The number of nitrogens with one attached hydrogen (secondary N) is 6. The molecule has 3 aromatic rings. The molecule has 0 aliphatic rings. The third-order valence-corrected chi connectivity index (χ3v) is 9.54. The van der Waals surface area contributed by atoms with Crippen molar-refractivity contribution in [2.45, 2.75) is 43.3 Å². The topological polar surface area (TPSA) is 685 Å². The third-order valence-electron chi connectivity index (χ3n) is 9.54. The number of anilines is 2. The third kappa shape index (κ3) is 16.5. The van der Waals surface area contributed by atoms with Gasteiger partial charge >= 0.3 is 11.4 Å². The molecule has 3 aromatic carbocycles. The van der Waals surface area contributed by atoms with E-state index in [9.17, 15) is 74.6 Å². The van der Waals surface area contributed by atoms with Crippen molar-refractivity contribution < 1.29 is 64.0 Å². The van der Waals surface area contributed by atoms with Gasteiger partial charge in [-0.25, -0.2) is 30.7 Å². The van der Waals surface area contributed by atoms with Crippen LogP contribution in [0.3, 0.4) is 0 Å². The summed E-state index contributed by atoms with van der Waals surface area (Å²) in [5.74, 6) is -13.3. The second kappa shape index (κ2) is 26.8. The molecule has 40 heteroatoms. The normalized spacial score (nSPS) is 12.7. The van der Waals surface area contributed by atoms with E-state index in [1.807, 2.05) is 16.0 Å². The number of phenols is 1. The summed E-state index contributed by atoms with van der Waals surface area (Å²) in [7, 11) is 0. The van der Waals surface area contributed by atoms with Crippen LogP contribution in [0.2, 0.25) is 0 Å². The zero-order valence-electron chi connectivity index (χ0n) is 38.9. The summed E-state index contributed by atoms with van der Waals surface area (Å²) in [5.41, 5.74) is 43.5. The Hall–Kier alpha value is -11.5. The van der Waals surface area contributed by atoms with E-state index in [4.69, 9.17) is 56.9 Å². The SMILES string of the molecule is N#Cc1cc([N+](=O)[O-])c(N(Cc2cc([N+](=O)[O-])cc(NOO)c2O)C(CO)C(=O)NC(C(=O)NC(N=C(N)N)C(=O)NC(N=C(N)N)C(=O)NC(N=C(N)N)C(=O)NC(N=C(N)N)C(N)=O)c2ccccc2)c([N+](=O)[O-])c1. The highest BCUT2D eigenvalue weighted by Crippen LogP contribution is 2.42. The predicted molar refractivity (Wildman–Crippen MR) is 261 cm³/mol. The number of phenolic OH excluding ortho intramolecular Hbond substituents is 1. The Kier molecular flexibility index (Phi) is 20.8. The summed E-state index contributed by atoms with van der Waals surface area (Å²) in [6.07, 6.45) is -8.82. The van der Waals surface area contributed by atoms with Crippen molar-refractivity contribution in [2.24, 2.45) is 71.6 Å². The van der Waals surface area contributed by atoms with Crippen LogP contribution in [-0.4, -0.2) is 127 Å². The van der Waals surface area contributed by atoms with Gasteiger partial charge in [0, 0.05) is 36.4 Å². The van der Waals surface area contributed by atoms with Crippen molar-refractivity contribution in [3.8, 4) is 11.8 Å². The Morgan fingerprint density at radius 1 is 0.649 bits per heavy atom. The Labute approximate surface area is 428 Å². The first-order valence-corrected chi connectivity index (χ1v) is 20.7. The van der Waals surface area contributed by atoms with Gasteiger partial charge in [-0.05, 0) is 5.56 Å². The minimum atomic E-state index is -2.38. The first kappa shape index (κ1) is 59.8. The Morgan fingerprint density at radius 3 is 1.48 bits per heavy atom. The second-order valence-corrected chi connectivity index (χ2v) is 14.9. The van der Waals surface area contributed by atoms with Gasteiger partial charge in [-0.1, -0.05) is 30.3 Å². The van der Waals surface area contributed by atoms with Gasteiger partial charge in [-0.3, -0.25) is 59.1 Å². The lowest BCUT2D eigenvalue weighted by Crippen LogP contribution is -2.58. The molecule has 0 aromatic heterocycles. The van der Waals surface area contributed by atoms with Crippen molar-refractivity contribution in [3.63, 3.8) is 0 Å². The Morgan fingerprint density at radius 2 is 1.09 bits per heavy atom. The summed E-state index contributed by atoms with van der Waals surface area (Å²) in [4.78, 5) is 133. The standard InChI is InChI=1S/C37H46N24O16/c38-10-13-6-18(60(72)73)22(19(7-13)61(74)75)58(11-15-8-16(59(70)71)9-17(23(15)63)57-77-76)20(12-62)29(65)48-21(14-4-2-1-3-5-14)30(66)50-26(54-35(42)43)32(68)52-28(56-37(46)47)33(69)51-27(55-36(44)45)31(67)49-25(24(39)64)53-34(40)41/h1-9,20-21,25-28,57,62-63,76H,11-12H2,(H2,39,64)(H,48,65)(H,49,67)(H,50,66)(H,51,69)(H,52,68)(H4,40,41,53)(H4,42,43,54)(H4,44,45,55)(H4,46,47,56). The van der Waals surface area contributed by atoms with E-state index in [0.29, 0.717) is 29.2 Å². The molecule has 6 unspecified atom stereocenters. The van der Waals surface area contributed by atoms with Crippen LogP contribution >= 0.6 is 0 Å². The minimum absolute atomic E-state index is 0.169. The number of hydrogen-bond donors (Lipinski definition) is 18. The van der Waals surface area contributed by atoms with Crippen LogP contribution in [0.15, 0.2) is 74.6 Å². The van der Waals surface area contributed by atoms with Crippen LogP contribution in [-0.2, 0) is 40.3 Å². The zero-order chi connectivity index (χ0) is 58.0. The summed E-state index contributed by atoms with van der Waals surface area (Å²) in [6, 6.07) is 5.89. The van der Waals surface area contributed by atoms with Gasteiger partial charge in [0.15, 0.2) is 29.5 Å². The molecule has 27 N–H and O–H groups in total. The molecule has 77 heavy (non-hydrogen) atoms. The fourth-order valence-corrected chi connectivity index (χ4v) is 6.40. The lowest BCUT2D eigenvalue weighted by Gasteiger charge is -2.32. The predicted octanol–water partition coefficient (Wildman–Crippen LogP) is -7.62. The molecule has 0 fully saturated rings. The largest absolute Gasteiger partial charge is 0.505 e. The number of guanidine groups is 4. The molecular weight excluding hydrogens is 1040 g/mol. The molecular formula is C37H46N24O16. The van der Waals surface area contributed by atoms with Gasteiger partial charge in [0.1, 0.15) is 23.5 Å². The number of nitrogens with zero attached hydrogens (tertiary/aromatic N) is 9. The van der Waals surface area contributed by atoms with Gasteiger partial charge in [0.05, 0.1) is 33.0 Å². The number of aliphatic imine (C=N–C) groups is 4. The molecule has 0 bridgehead atoms. The van der Waals surface area contributed by atoms with Crippen LogP contribution in [0.1, 0.15) is 22.7 Å². The number of aliphatic hydroxyl groups excluding tert-OH is 1. The van der Waals surface area contributed by atoms with Crippen LogP contribution in [0, 0.1) is 41.7 Å². The molecule has 0 heterocycles. The summed E-state index contributed by atoms with van der Waals surface area (Å²) < 4.78 is 0. The number of aromatic hydroxyl groups is 1. The molecule has 40 nitrogen and oxygen atoms in total.